The second-order valence-corrected chi connectivity index (χ2v) is 5.26. The van der Waals surface area contributed by atoms with Crippen molar-refractivity contribution >= 4 is 12.7 Å². The number of carbonyl (C=O) groups excluding carboxylic acids is 2. The predicted molar refractivity (Wildman–Crippen MR) is 86.8 cm³/mol. The Morgan fingerprint density at radius 3 is 2.83 bits per heavy atom. The van der Waals surface area contributed by atoms with E-state index in [1.54, 1.807) is 11.0 Å². The van der Waals surface area contributed by atoms with Gasteiger partial charge in [-0.25, -0.2) is 0 Å². The smallest absolute Gasteiger partial charge is 0.209 e. The minimum Gasteiger partial charge on any atom is -0.493 e. The van der Waals surface area contributed by atoms with E-state index in [2.05, 4.69) is 0 Å². The molecule has 1 aromatic rings. The molecule has 1 aliphatic heterocycles. The predicted octanol–water partition coefficient (Wildman–Crippen LogP) is 1.29. The number of ether oxygens (including phenoxy) is 2. The highest BCUT2D eigenvalue weighted by Gasteiger charge is 2.15. The lowest BCUT2D eigenvalue weighted by Crippen LogP contribution is -2.30. The van der Waals surface area contributed by atoms with E-state index in [1.807, 2.05) is 26.0 Å². The average Bonchev–Trinajstić information content (AvgIpc) is 2.81. The maximum atomic E-state index is 10.6. The highest BCUT2D eigenvalue weighted by atomic mass is 16.5. The number of rotatable bonds is 5. The van der Waals surface area contributed by atoms with Gasteiger partial charge in [0.25, 0.3) is 0 Å². The first-order valence-corrected chi connectivity index (χ1v) is 7.71. The fourth-order valence-electron chi connectivity index (χ4n) is 2.20. The third-order valence-electron chi connectivity index (χ3n) is 3.48. The fourth-order valence-corrected chi connectivity index (χ4v) is 2.20. The molecule has 6 nitrogen and oxygen atoms in total. The van der Waals surface area contributed by atoms with E-state index in [4.69, 9.17) is 14.6 Å². The van der Waals surface area contributed by atoms with E-state index in [9.17, 15) is 9.59 Å². The quantitative estimate of drug-likeness (QED) is 0.826. The molecule has 1 amide bonds. The largest absolute Gasteiger partial charge is 0.493 e. The van der Waals surface area contributed by atoms with Crippen LogP contribution in [0.5, 0.6) is 5.75 Å². The summed E-state index contributed by atoms with van der Waals surface area (Å²) < 4.78 is 10.4. The van der Waals surface area contributed by atoms with Crippen molar-refractivity contribution in [2.45, 2.75) is 13.8 Å². The van der Waals surface area contributed by atoms with Gasteiger partial charge in [0.1, 0.15) is 5.75 Å². The summed E-state index contributed by atoms with van der Waals surface area (Å²) in [5, 5.41) is 8.81. The van der Waals surface area contributed by atoms with Crippen molar-refractivity contribution in [3.05, 3.63) is 29.3 Å². The maximum absolute atomic E-state index is 10.6. The number of hydrogen-bond donors (Lipinski definition) is 1. The first kappa shape index (κ1) is 19.1. The van der Waals surface area contributed by atoms with Crippen LogP contribution in [0, 0.1) is 12.8 Å². The van der Waals surface area contributed by atoms with Crippen LogP contribution in [0.15, 0.2) is 18.2 Å². The number of amides is 1. The SMILES string of the molecule is CCOc1cccc(C)c1C=O.O=CN1CCOCC(CO)C1. The average molecular weight is 323 g/mol. The molecule has 128 valence electrons. The molecule has 6 heteroatoms. The van der Waals surface area contributed by atoms with E-state index in [0.717, 1.165) is 18.3 Å². The Labute approximate surface area is 137 Å². The number of carbonyl (C=O) groups is 2. The van der Waals surface area contributed by atoms with E-state index in [0.29, 0.717) is 44.2 Å². The molecule has 23 heavy (non-hydrogen) atoms. The third kappa shape index (κ3) is 6.38. The molecule has 1 N–H and O–H groups in total. The van der Waals surface area contributed by atoms with Gasteiger partial charge >= 0.3 is 0 Å². The van der Waals surface area contributed by atoms with Crippen molar-refractivity contribution in [3.63, 3.8) is 0 Å². The molecule has 0 aliphatic carbocycles. The van der Waals surface area contributed by atoms with E-state index >= 15 is 0 Å². The van der Waals surface area contributed by atoms with Crippen molar-refractivity contribution in [1.29, 1.82) is 0 Å². The normalized spacial score (nSPS) is 17.5. The van der Waals surface area contributed by atoms with Gasteiger partial charge in [-0.15, -0.1) is 0 Å². The number of benzene rings is 1. The van der Waals surface area contributed by atoms with Gasteiger partial charge in [-0.2, -0.15) is 0 Å². The Kier molecular flexibility index (Phi) is 8.94. The monoisotopic (exact) mass is 323 g/mol. The van der Waals surface area contributed by atoms with E-state index in [1.165, 1.54) is 0 Å². The lowest BCUT2D eigenvalue weighted by molar-refractivity contribution is -0.118. The van der Waals surface area contributed by atoms with Crippen molar-refractivity contribution in [3.8, 4) is 5.75 Å². The molecule has 1 aromatic carbocycles. The van der Waals surface area contributed by atoms with Gasteiger partial charge < -0.3 is 19.5 Å². The van der Waals surface area contributed by atoms with Crippen LogP contribution in [0.1, 0.15) is 22.8 Å². The molecule has 0 spiro atoms. The van der Waals surface area contributed by atoms with Crippen LogP contribution in [0.2, 0.25) is 0 Å². The maximum Gasteiger partial charge on any atom is 0.209 e. The van der Waals surface area contributed by atoms with Gasteiger partial charge in [0, 0.05) is 25.6 Å². The minimum atomic E-state index is 0.0858. The van der Waals surface area contributed by atoms with Gasteiger partial charge in [-0.1, -0.05) is 12.1 Å². The van der Waals surface area contributed by atoms with E-state index < -0.39 is 0 Å². The van der Waals surface area contributed by atoms with Crippen LogP contribution >= 0.6 is 0 Å². The van der Waals surface area contributed by atoms with Crippen LogP contribution in [0.25, 0.3) is 0 Å². The lowest BCUT2D eigenvalue weighted by Gasteiger charge is -2.16. The Morgan fingerprint density at radius 1 is 1.43 bits per heavy atom. The zero-order valence-electron chi connectivity index (χ0n) is 13.7. The summed E-state index contributed by atoms with van der Waals surface area (Å²) in [6.45, 7) is 6.86. The van der Waals surface area contributed by atoms with Gasteiger partial charge in [-0.3, -0.25) is 9.59 Å². The molecule has 0 aromatic heterocycles. The summed E-state index contributed by atoms with van der Waals surface area (Å²) in [6.07, 6.45) is 1.64. The van der Waals surface area contributed by atoms with Crippen molar-refractivity contribution in [1.82, 2.24) is 4.90 Å². The van der Waals surface area contributed by atoms with Crippen LogP contribution < -0.4 is 4.74 Å². The molecule has 1 aliphatic rings. The Morgan fingerprint density at radius 2 is 2.22 bits per heavy atom. The van der Waals surface area contributed by atoms with Crippen LogP contribution in [0.3, 0.4) is 0 Å². The summed E-state index contributed by atoms with van der Waals surface area (Å²) in [5.74, 6) is 0.759. The lowest BCUT2D eigenvalue weighted by atomic mass is 10.1. The molecule has 0 saturated carbocycles. The van der Waals surface area contributed by atoms with Crippen molar-refractivity contribution < 1.29 is 24.2 Å². The molecular formula is C17H25NO5. The standard InChI is InChI=1S/C10H12O2.C7H13NO3/c1-3-12-10-6-4-5-8(2)9(10)7-11;9-4-7-3-8(6-10)1-2-11-5-7/h4-7H,3H2,1-2H3;6-7,9H,1-5H2. The Bertz CT molecular complexity index is 492. The molecular weight excluding hydrogens is 298 g/mol. The van der Waals surface area contributed by atoms with Gasteiger partial charge in [0.2, 0.25) is 6.41 Å². The molecule has 1 unspecified atom stereocenters. The number of aldehydes is 1. The number of aliphatic hydroxyl groups excluding tert-OH is 1. The molecule has 1 fully saturated rings. The molecule has 0 radical (unpaired) electrons. The highest BCUT2D eigenvalue weighted by Crippen LogP contribution is 2.19. The van der Waals surface area contributed by atoms with Crippen LogP contribution in [-0.2, 0) is 9.53 Å². The zero-order valence-corrected chi connectivity index (χ0v) is 13.7. The number of aryl methyl sites for hydroxylation is 1. The molecule has 1 saturated heterocycles. The van der Waals surface area contributed by atoms with Gasteiger partial charge in [0.05, 0.1) is 25.4 Å². The Hall–Kier alpha value is -1.92. The molecule has 1 heterocycles. The molecule has 1 atom stereocenters. The summed E-state index contributed by atoms with van der Waals surface area (Å²) in [7, 11) is 0. The second-order valence-electron chi connectivity index (χ2n) is 5.26. The minimum absolute atomic E-state index is 0.0858. The molecule has 2 rings (SSSR count). The fraction of sp³-hybridized carbons (Fsp3) is 0.529. The Balaban J connectivity index is 0.000000231. The first-order chi connectivity index (χ1) is 11.2. The van der Waals surface area contributed by atoms with Crippen molar-refractivity contribution in [2.75, 3.05) is 39.5 Å². The summed E-state index contributed by atoms with van der Waals surface area (Å²) in [5.41, 5.74) is 1.61. The van der Waals surface area contributed by atoms with Crippen LogP contribution in [0.4, 0.5) is 0 Å². The second kappa shape index (κ2) is 10.7. The summed E-state index contributed by atoms with van der Waals surface area (Å²) in [4.78, 5) is 22.6. The van der Waals surface area contributed by atoms with Crippen LogP contribution in [-0.4, -0.2) is 62.2 Å². The third-order valence-corrected chi connectivity index (χ3v) is 3.48. The van der Waals surface area contributed by atoms with Gasteiger partial charge in [-0.05, 0) is 25.5 Å². The number of nitrogens with zero attached hydrogens (tertiary/aromatic N) is 1. The van der Waals surface area contributed by atoms with Gasteiger partial charge in [0.15, 0.2) is 6.29 Å². The zero-order chi connectivity index (χ0) is 17.1. The summed E-state index contributed by atoms with van der Waals surface area (Å²) >= 11 is 0. The number of hydrogen-bond acceptors (Lipinski definition) is 5. The first-order valence-electron chi connectivity index (χ1n) is 7.71. The number of aliphatic hydroxyl groups is 1. The molecule has 0 bridgehead atoms. The highest BCUT2D eigenvalue weighted by molar-refractivity contribution is 5.81. The summed E-state index contributed by atoms with van der Waals surface area (Å²) in [6, 6.07) is 5.58. The van der Waals surface area contributed by atoms with Crippen molar-refractivity contribution in [2.24, 2.45) is 5.92 Å². The topological polar surface area (TPSA) is 76.1 Å². The van der Waals surface area contributed by atoms with E-state index in [-0.39, 0.29) is 12.5 Å².